The summed E-state index contributed by atoms with van der Waals surface area (Å²) in [6.07, 6.45) is 1.73. The van der Waals surface area contributed by atoms with Gasteiger partial charge >= 0.3 is 0 Å². The van der Waals surface area contributed by atoms with Crippen LogP contribution in [0.4, 0.5) is 5.82 Å². The van der Waals surface area contributed by atoms with Crippen molar-refractivity contribution in [1.29, 1.82) is 0 Å². The molecule has 3 N–H and O–H groups in total. The van der Waals surface area contributed by atoms with E-state index in [1.165, 1.54) is 0 Å². The molecule has 2 amide bonds. The molecule has 116 valence electrons. The fourth-order valence-corrected chi connectivity index (χ4v) is 1.77. The highest BCUT2D eigenvalue weighted by molar-refractivity contribution is 5.97. The zero-order chi connectivity index (χ0) is 15.7. The Hall–Kier alpha value is -2.11. The Kier molecular flexibility index (Phi) is 7.21. The second-order valence-corrected chi connectivity index (χ2v) is 4.65. The van der Waals surface area contributed by atoms with Crippen LogP contribution in [0.2, 0.25) is 0 Å². The predicted molar refractivity (Wildman–Crippen MR) is 83.4 cm³/mol. The SMILES string of the molecule is CCCNc1cc(C(=O)NCC(=O)NCC)cc(CC)n1. The monoisotopic (exact) mass is 292 g/mol. The Morgan fingerprint density at radius 3 is 2.52 bits per heavy atom. The van der Waals surface area contributed by atoms with Crippen molar-refractivity contribution in [2.75, 3.05) is 25.0 Å². The number of rotatable bonds is 8. The Bertz CT molecular complexity index is 489. The number of amides is 2. The van der Waals surface area contributed by atoms with Crippen LogP contribution < -0.4 is 16.0 Å². The molecule has 0 aromatic carbocycles. The number of pyridine rings is 1. The molecule has 0 unspecified atom stereocenters. The van der Waals surface area contributed by atoms with Gasteiger partial charge < -0.3 is 16.0 Å². The summed E-state index contributed by atoms with van der Waals surface area (Å²) in [4.78, 5) is 27.9. The van der Waals surface area contributed by atoms with Gasteiger partial charge in [-0.2, -0.15) is 0 Å². The van der Waals surface area contributed by atoms with E-state index in [1.807, 2.05) is 13.8 Å². The molecule has 0 aliphatic heterocycles. The first kappa shape index (κ1) is 16.9. The van der Waals surface area contributed by atoms with Gasteiger partial charge in [0, 0.05) is 24.3 Å². The molecule has 0 radical (unpaired) electrons. The number of anilines is 1. The average molecular weight is 292 g/mol. The van der Waals surface area contributed by atoms with Crippen LogP contribution in [0.1, 0.15) is 43.2 Å². The van der Waals surface area contributed by atoms with E-state index in [2.05, 4.69) is 27.9 Å². The molecule has 0 bridgehead atoms. The van der Waals surface area contributed by atoms with Crippen molar-refractivity contribution in [3.8, 4) is 0 Å². The number of hydrogen-bond acceptors (Lipinski definition) is 4. The van der Waals surface area contributed by atoms with Gasteiger partial charge in [-0.25, -0.2) is 4.98 Å². The maximum absolute atomic E-state index is 12.1. The minimum atomic E-state index is -0.266. The summed E-state index contributed by atoms with van der Waals surface area (Å²) in [6.45, 7) is 7.23. The molecule has 1 aromatic rings. The topological polar surface area (TPSA) is 83.1 Å². The highest BCUT2D eigenvalue weighted by atomic mass is 16.2. The summed E-state index contributed by atoms with van der Waals surface area (Å²) >= 11 is 0. The van der Waals surface area contributed by atoms with Crippen LogP contribution in [0.15, 0.2) is 12.1 Å². The molecule has 1 rings (SSSR count). The molecular weight excluding hydrogens is 268 g/mol. The molecule has 0 fully saturated rings. The molecule has 1 heterocycles. The number of carbonyl (C=O) groups is 2. The van der Waals surface area contributed by atoms with E-state index in [0.717, 1.165) is 25.1 Å². The smallest absolute Gasteiger partial charge is 0.251 e. The fourth-order valence-electron chi connectivity index (χ4n) is 1.77. The van der Waals surface area contributed by atoms with Crippen molar-refractivity contribution in [3.63, 3.8) is 0 Å². The van der Waals surface area contributed by atoms with Crippen LogP contribution in [-0.2, 0) is 11.2 Å². The predicted octanol–water partition coefficient (Wildman–Crippen LogP) is 1.33. The summed E-state index contributed by atoms with van der Waals surface area (Å²) < 4.78 is 0. The number of likely N-dealkylation sites (N-methyl/N-ethyl adjacent to an activating group) is 1. The largest absolute Gasteiger partial charge is 0.370 e. The summed E-state index contributed by atoms with van der Waals surface area (Å²) in [5.41, 5.74) is 1.36. The third-order valence-corrected chi connectivity index (χ3v) is 2.84. The number of nitrogens with one attached hydrogen (secondary N) is 3. The van der Waals surface area contributed by atoms with Gasteiger partial charge in [0.1, 0.15) is 5.82 Å². The fraction of sp³-hybridized carbons (Fsp3) is 0.533. The summed E-state index contributed by atoms with van der Waals surface area (Å²) in [7, 11) is 0. The number of carbonyl (C=O) groups excluding carboxylic acids is 2. The Morgan fingerprint density at radius 1 is 1.14 bits per heavy atom. The molecule has 6 heteroatoms. The van der Waals surface area contributed by atoms with Crippen LogP contribution >= 0.6 is 0 Å². The third kappa shape index (κ3) is 5.81. The lowest BCUT2D eigenvalue weighted by Crippen LogP contribution is -2.36. The van der Waals surface area contributed by atoms with E-state index in [4.69, 9.17) is 0 Å². The van der Waals surface area contributed by atoms with Crippen molar-refractivity contribution >= 4 is 17.6 Å². The third-order valence-electron chi connectivity index (χ3n) is 2.84. The summed E-state index contributed by atoms with van der Waals surface area (Å²) in [6, 6.07) is 3.46. The molecular formula is C15H24N4O2. The lowest BCUT2D eigenvalue weighted by Gasteiger charge is -2.10. The molecule has 0 saturated carbocycles. The maximum atomic E-state index is 12.1. The molecule has 6 nitrogen and oxygen atoms in total. The minimum Gasteiger partial charge on any atom is -0.370 e. The minimum absolute atomic E-state index is 0.0197. The van der Waals surface area contributed by atoms with Crippen molar-refractivity contribution in [2.24, 2.45) is 0 Å². The Balaban J connectivity index is 2.75. The van der Waals surface area contributed by atoms with Gasteiger partial charge in [0.15, 0.2) is 0 Å². The zero-order valence-electron chi connectivity index (χ0n) is 13.0. The second-order valence-electron chi connectivity index (χ2n) is 4.65. The molecule has 0 spiro atoms. The van der Waals surface area contributed by atoms with Crippen molar-refractivity contribution in [2.45, 2.75) is 33.6 Å². The number of hydrogen-bond donors (Lipinski definition) is 3. The van der Waals surface area contributed by atoms with Gasteiger partial charge in [-0.1, -0.05) is 13.8 Å². The van der Waals surface area contributed by atoms with E-state index < -0.39 is 0 Å². The Labute approximate surface area is 125 Å². The zero-order valence-corrected chi connectivity index (χ0v) is 13.0. The molecule has 1 aromatic heterocycles. The highest BCUT2D eigenvalue weighted by Gasteiger charge is 2.10. The molecule has 0 aliphatic carbocycles. The number of aromatic nitrogens is 1. The quantitative estimate of drug-likeness (QED) is 0.675. The first-order valence-corrected chi connectivity index (χ1v) is 7.40. The number of nitrogens with zero attached hydrogens (tertiary/aromatic N) is 1. The van der Waals surface area contributed by atoms with E-state index in [-0.39, 0.29) is 18.4 Å². The second kappa shape index (κ2) is 8.94. The maximum Gasteiger partial charge on any atom is 0.251 e. The first-order valence-electron chi connectivity index (χ1n) is 7.40. The number of aryl methyl sites for hydroxylation is 1. The van der Waals surface area contributed by atoms with Crippen LogP contribution in [0, 0.1) is 0 Å². The van der Waals surface area contributed by atoms with E-state index in [0.29, 0.717) is 17.9 Å². The van der Waals surface area contributed by atoms with Gasteiger partial charge in [-0.15, -0.1) is 0 Å². The van der Waals surface area contributed by atoms with Gasteiger partial charge in [-0.3, -0.25) is 9.59 Å². The molecule has 0 aliphatic rings. The summed E-state index contributed by atoms with van der Waals surface area (Å²) in [5, 5.41) is 8.43. The van der Waals surface area contributed by atoms with Crippen LogP contribution in [-0.4, -0.2) is 36.4 Å². The molecule has 0 saturated heterocycles. The normalized spacial score (nSPS) is 10.0. The van der Waals surface area contributed by atoms with Gasteiger partial charge in [-0.05, 0) is 31.9 Å². The van der Waals surface area contributed by atoms with Crippen LogP contribution in [0.25, 0.3) is 0 Å². The Morgan fingerprint density at radius 2 is 1.90 bits per heavy atom. The van der Waals surface area contributed by atoms with Crippen molar-refractivity contribution < 1.29 is 9.59 Å². The molecule has 21 heavy (non-hydrogen) atoms. The average Bonchev–Trinajstić information content (AvgIpc) is 2.50. The van der Waals surface area contributed by atoms with E-state index in [9.17, 15) is 9.59 Å². The van der Waals surface area contributed by atoms with Gasteiger partial charge in [0.2, 0.25) is 5.91 Å². The van der Waals surface area contributed by atoms with Crippen molar-refractivity contribution in [1.82, 2.24) is 15.6 Å². The van der Waals surface area contributed by atoms with Crippen LogP contribution in [0.5, 0.6) is 0 Å². The van der Waals surface area contributed by atoms with E-state index in [1.54, 1.807) is 12.1 Å². The highest BCUT2D eigenvalue weighted by Crippen LogP contribution is 2.11. The van der Waals surface area contributed by atoms with Crippen molar-refractivity contribution in [3.05, 3.63) is 23.4 Å². The lowest BCUT2D eigenvalue weighted by atomic mass is 10.2. The summed E-state index contributed by atoms with van der Waals surface area (Å²) in [5.74, 6) is 0.234. The van der Waals surface area contributed by atoms with E-state index >= 15 is 0 Å². The lowest BCUT2D eigenvalue weighted by molar-refractivity contribution is -0.120. The first-order chi connectivity index (χ1) is 10.1. The van der Waals surface area contributed by atoms with Gasteiger partial charge in [0.25, 0.3) is 5.91 Å². The standard InChI is InChI=1S/C15H24N4O2/c1-4-7-17-13-9-11(8-12(5-2)19-13)15(21)18-10-14(20)16-6-3/h8-9H,4-7,10H2,1-3H3,(H,16,20)(H,17,19)(H,18,21). The van der Waals surface area contributed by atoms with Crippen LogP contribution in [0.3, 0.4) is 0 Å². The molecule has 0 atom stereocenters. The van der Waals surface area contributed by atoms with Gasteiger partial charge in [0.05, 0.1) is 6.54 Å².